The van der Waals surface area contributed by atoms with E-state index in [-0.39, 0.29) is 5.91 Å². The highest BCUT2D eigenvalue weighted by atomic mass is 35.5. The lowest BCUT2D eigenvalue weighted by Crippen LogP contribution is -2.11. The summed E-state index contributed by atoms with van der Waals surface area (Å²) in [5.41, 5.74) is 7.07. The molecule has 0 saturated heterocycles. The lowest BCUT2D eigenvalue weighted by Gasteiger charge is -2.05. The fourth-order valence-corrected chi connectivity index (χ4v) is 1.17. The van der Waals surface area contributed by atoms with E-state index in [1.165, 1.54) is 0 Å². The second kappa shape index (κ2) is 4.15. The van der Waals surface area contributed by atoms with E-state index >= 15 is 0 Å². The average Bonchev–Trinajstić information content (AvgIpc) is 2.01. The fraction of sp³-hybridized carbons (Fsp3) is 0.100. The second-order valence-corrected chi connectivity index (χ2v) is 3.44. The van der Waals surface area contributed by atoms with Gasteiger partial charge >= 0.3 is 0 Å². The summed E-state index contributed by atoms with van der Waals surface area (Å²) >= 11 is 5.76. The number of carbonyl (C=O) groups is 1. The smallest absolute Gasteiger partial charge is 0.250 e. The first-order chi connectivity index (χ1) is 6.49. The van der Waals surface area contributed by atoms with Crippen LogP contribution in [0.25, 0.3) is 0 Å². The third-order valence-corrected chi connectivity index (χ3v) is 1.78. The zero-order valence-corrected chi connectivity index (χ0v) is 8.56. The number of hydrogen-bond acceptors (Lipinski definition) is 2. The van der Waals surface area contributed by atoms with Gasteiger partial charge in [-0.15, -0.1) is 0 Å². The molecule has 0 saturated carbocycles. The zero-order chi connectivity index (χ0) is 10.7. The maximum absolute atomic E-state index is 11.2. The number of halogens is 1. The van der Waals surface area contributed by atoms with Gasteiger partial charge in [-0.3, -0.25) is 4.79 Å². The number of rotatable bonds is 2. The van der Waals surface area contributed by atoms with Gasteiger partial charge in [0.15, 0.2) is 0 Å². The van der Waals surface area contributed by atoms with Gasteiger partial charge in [0, 0.05) is 22.0 Å². The fourth-order valence-electron chi connectivity index (χ4n) is 0.922. The highest BCUT2D eigenvalue weighted by Gasteiger charge is 2.03. The van der Waals surface area contributed by atoms with Gasteiger partial charge in [-0.05, 0) is 25.1 Å². The highest BCUT2D eigenvalue weighted by Crippen LogP contribution is 2.20. The van der Waals surface area contributed by atoms with E-state index in [9.17, 15) is 4.79 Å². The molecule has 1 amide bonds. The first-order valence-electron chi connectivity index (χ1n) is 4.02. The van der Waals surface area contributed by atoms with Crippen molar-refractivity contribution >= 4 is 28.9 Å². The van der Waals surface area contributed by atoms with Crippen LogP contribution in [0, 0.1) is 0 Å². The van der Waals surface area contributed by atoms with Gasteiger partial charge in [0.2, 0.25) is 0 Å². The Kier molecular flexibility index (Phi) is 3.14. The van der Waals surface area contributed by atoms with Gasteiger partial charge in [0.05, 0.1) is 0 Å². The van der Waals surface area contributed by atoms with Gasteiger partial charge in [0.1, 0.15) is 0 Å². The van der Waals surface area contributed by atoms with Crippen molar-refractivity contribution in [2.24, 2.45) is 0 Å². The molecule has 14 heavy (non-hydrogen) atoms. The molecule has 1 rings (SSSR count). The van der Waals surface area contributed by atoms with Crippen LogP contribution < -0.4 is 11.1 Å². The van der Waals surface area contributed by atoms with Crippen LogP contribution in [0.2, 0.25) is 5.02 Å². The van der Waals surface area contributed by atoms with E-state index in [1.54, 1.807) is 25.1 Å². The van der Waals surface area contributed by atoms with Crippen molar-refractivity contribution in [3.05, 3.63) is 35.4 Å². The molecular weight excluding hydrogens is 200 g/mol. The van der Waals surface area contributed by atoms with Crippen molar-refractivity contribution in [2.75, 3.05) is 11.1 Å². The molecule has 0 aliphatic rings. The van der Waals surface area contributed by atoms with E-state index in [0.717, 1.165) is 0 Å². The number of benzene rings is 1. The molecule has 0 spiro atoms. The van der Waals surface area contributed by atoms with Gasteiger partial charge < -0.3 is 11.1 Å². The molecule has 4 heteroatoms. The Hall–Kier alpha value is -1.48. The number of nitrogens with two attached hydrogens (primary N) is 1. The van der Waals surface area contributed by atoms with E-state index in [4.69, 9.17) is 17.3 Å². The molecule has 0 heterocycles. The minimum atomic E-state index is -0.244. The number of nitrogen functional groups attached to an aromatic ring is 1. The predicted octanol–water partition coefficient (Wildman–Crippen LogP) is 2.44. The van der Waals surface area contributed by atoms with Crippen LogP contribution in [0.3, 0.4) is 0 Å². The number of nitrogens with one attached hydrogen (secondary N) is 1. The Morgan fingerprint density at radius 2 is 2.14 bits per heavy atom. The molecule has 0 aliphatic carbocycles. The zero-order valence-electron chi connectivity index (χ0n) is 7.80. The molecule has 3 N–H and O–H groups in total. The second-order valence-electron chi connectivity index (χ2n) is 3.01. The third-order valence-electron chi connectivity index (χ3n) is 1.57. The molecule has 1 aromatic carbocycles. The minimum Gasteiger partial charge on any atom is -0.399 e. The molecule has 0 fully saturated rings. The number of hydrogen-bond donors (Lipinski definition) is 2. The van der Waals surface area contributed by atoms with Crippen LogP contribution in [-0.4, -0.2) is 5.91 Å². The van der Waals surface area contributed by atoms with Gasteiger partial charge in [0.25, 0.3) is 5.91 Å². The Morgan fingerprint density at radius 1 is 1.50 bits per heavy atom. The summed E-state index contributed by atoms with van der Waals surface area (Å²) in [5.74, 6) is -0.244. The SMILES string of the molecule is C=C(C)C(=O)Nc1cc(N)cc(Cl)c1. The average molecular weight is 211 g/mol. The molecule has 74 valence electrons. The minimum absolute atomic E-state index is 0.244. The third kappa shape index (κ3) is 2.78. The Bertz CT molecular complexity index is 367. The largest absolute Gasteiger partial charge is 0.399 e. The van der Waals surface area contributed by atoms with Crippen LogP contribution in [0.15, 0.2) is 30.4 Å². The summed E-state index contributed by atoms with van der Waals surface area (Å²) in [6.07, 6.45) is 0. The van der Waals surface area contributed by atoms with Crippen LogP contribution in [0.4, 0.5) is 11.4 Å². The first-order valence-corrected chi connectivity index (χ1v) is 4.40. The summed E-state index contributed by atoms with van der Waals surface area (Å²) in [7, 11) is 0. The molecular formula is C10H11ClN2O. The Labute approximate surface area is 87.6 Å². The lowest BCUT2D eigenvalue weighted by molar-refractivity contribution is -0.112. The Balaban J connectivity index is 2.87. The van der Waals surface area contributed by atoms with Crippen molar-refractivity contribution in [3.8, 4) is 0 Å². The molecule has 0 unspecified atom stereocenters. The highest BCUT2D eigenvalue weighted by molar-refractivity contribution is 6.31. The van der Waals surface area contributed by atoms with Gasteiger partial charge in [-0.25, -0.2) is 0 Å². The maximum Gasteiger partial charge on any atom is 0.250 e. The lowest BCUT2D eigenvalue weighted by atomic mass is 10.2. The summed E-state index contributed by atoms with van der Waals surface area (Å²) in [4.78, 5) is 11.2. The van der Waals surface area contributed by atoms with Crippen LogP contribution in [0.5, 0.6) is 0 Å². The predicted molar refractivity (Wildman–Crippen MR) is 59.3 cm³/mol. The van der Waals surface area contributed by atoms with Crippen LogP contribution in [-0.2, 0) is 4.79 Å². The first kappa shape index (κ1) is 10.6. The Morgan fingerprint density at radius 3 is 2.64 bits per heavy atom. The molecule has 1 aromatic rings. The molecule has 0 radical (unpaired) electrons. The summed E-state index contributed by atoms with van der Waals surface area (Å²) in [5, 5.41) is 3.11. The van der Waals surface area contributed by atoms with Gasteiger partial charge in [-0.2, -0.15) is 0 Å². The molecule has 3 nitrogen and oxygen atoms in total. The number of carbonyl (C=O) groups excluding carboxylic acids is 1. The standard InChI is InChI=1S/C10H11ClN2O/c1-6(2)10(14)13-9-4-7(11)3-8(12)5-9/h3-5H,1,12H2,2H3,(H,13,14). The quantitative estimate of drug-likeness (QED) is 0.582. The number of amides is 1. The van der Waals surface area contributed by atoms with Crippen molar-refractivity contribution in [3.63, 3.8) is 0 Å². The van der Waals surface area contributed by atoms with Crippen molar-refractivity contribution in [1.82, 2.24) is 0 Å². The van der Waals surface area contributed by atoms with Gasteiger partial charge in [-0.1, -0.05) is 18.2 Å². The van der Waals surface area contributed by atoms with Crippen LogP contribution in [0.1, 0.15) is 6.92 Å². The summed E-state index contributed by atoms with van der Waals surface area (Å²) < 4.78 is 0. The van der Waals surface area contributed by atoms with E-state index in [1.807, 2.05) is 0 Å². The van der Waals surface area contributed by atoms with Crippen molar-refractivity contribution in [2.45, 2.75) is 6.92 Å². The molecule has 0 bridgehead atoms. The van der Waals surface area contributed by atoms with E-state index < -0.39 is 0 Å². The monoisotopic (exact) mass is 210 g/mol. The molecule has 0 aromatic heterocycles. The summed E-state index contributed by atoms with van der Waals surface area (Å²) in [6, 6.07) is 4.86. The van der Waals surface area contributed by atoms with E-state index in [0.29, 0.717) is 22.0 Å². The van der Waals surface area contributed by atoms with Crippen molar-refractivity contribution in [1.29, 1.82) is 0 Å². The van der Waals surface area contributed by atoms with Crippen molar-refractivity contribution < 1.29 is 4.79 Å². The van der Waals surface area contributed by atoms with Crippen LogP contribution >= 0.6 is 11.6 Å². The number of anilines is 2. The topological polar surface area (TPSA) is 55.1 Å². The molecule has 0 atom stereocenters. The maximum atomic E-state index is 11.2. The van der Waals surface area contributed by atoms with E-state index in [2.05, 4.69) is 11.9 Å². The normalized spacial score (nSPS) is 9.57. The summed E-state index contributed by atoms with van der Waals surface area (Å²) in [6.45, 7) is 5.15. The molecule has 0 aliphatic heterocycles.